The standard InChI is InChI=1S/C61H40N2S/c1-37-12-10-22-56-58(37)60-43(19-11-23-57(60)64-56)38-24-28-40(29-25-38)62(42-32-33-49-47-15-3-2-13-45(47)46-14-4-5-16-48(46)53(49)36-42)41-30-26-39(27-31-41)44-34-35-51-50-17-6-8-20-54(50)63-55-21-9-7-18-52(55)59(44)61(51)63/h2-11,13-37H,12H2,1H3. The molecule has 3 heterocycles. The number of allylic oxidation sites excluding steroid dienone is 1. The molecule has 0 saturated carbocycles. The Kier molecular flexibility index (Phi) is 7.64. The summed E-state index contributed by atoms with van der Waals surface area (Å²) in [4.78, 5) is 3.84. The SMILES string of the molecule is CC1CC=Cc2sc3cccc(-c4ccc(N(c5ccc(-c6ccc7c8ccccc8n8c9ccccc9c6c78)cc5)c5ccc6c7ccccc7c7ccccc7c6c5)cc4)c3c21. The predicted octanol–water partition coefficient (Wildman–Crippen LogP) is 17.8. The largest absolute Gasteiger partial charge is 0.310 e. The summed E-state index contributed by atoms with van der Waals surface area (Å²) in [6.45, 7) is 2.37. The summed E-state index contributed by atoms with van der Waals surface area (Å²) in [6, 6.07) is 72.5. The molecule has 13 aromatic rings. The molecule has 10 aromatic carbocycles. The van der Waals surface area contributed by atoms with Crippen molar-refractivity contribution >= 4 is 115 Å². The molecule has 0 radical (unpaired) electrons. The third-order valence-corrected chi connectivity index (χ3v) is 15.3. The van der Waals surface area contributed by atoms with Gasteiger partial charge in [-0.15, -0.1) is 11.3 Å². The van der Waals surface area contributed by atoms with E-state index in [4.69, 9.17) is 0 Å². The number of aromatic nitrogens is 1. The Hall–Kier alpha value is -7.72. The number of nitrogens with zero attached hydrogens (tertiary/aromatic N) is 2. The zero-order valence-corrected chi connectivity index (χ0v) is 36.0. The summed E-state index contributed by atoms with van der Waals surface area (Å²) in [7, 11) is 0. The molecular weight excluding hydrogens is 793 g/mol. The second kappa shape index (κ2) is 13.6. The molecule has 0 aliphatic heterocycles. The first-order valence-electron chi connectivity index (χ1n) is 22.4. The fourth-order valence-electron chi connectivity index (χ4n) is 11.3. The molecule has 1 aliphatic carbocycles. The smallest absolute Gasteiger partial charge is 0.0626 e. The lowest BCUT2D eigenvalue weighted by Crippen LogP contribution is -2.10. The minimum atomic E-state index is 0.505. The van der Waals surface area contributed by atoms with Crippen molar-refractivity contribution in [1.82, 2.24) is 4.40 Å². The van der Waals surface area contributed by atoms with E-state index >= 15 is 0 Å². The lowest BCUT2D eigenvalue weighted by Gasteiger charge is -2.27. The van der Waals surface area contributed by atoms with Crippen molar-refractivity contribution in [2.24, 2.45) is 0 Å². The molecule has 0 saturated heterocycles. The molecular formula is C61H40N2S. The number of rotatable bonds is 5. The lowest BCUT2D eigenvalue weighted by molar-refractivity contribution is 0.783. The van der Waals surface area contributed by atoms with Crippen molar-refractivity contribution in [2.75, 3.05) is 4.90 Å². The van der Waals surface area contributed by atoms with E-state index in [9.17, 15) is 0 Å². The van der Waals surface area contributed by atoms with Crippen molar-refractivity contribution in [3.8, 4) is 22.3 Å². The van der Waals surface area contributed by atoms with Crippen LogP contribution >= 0.6 is 11.3 Å². The molecule has 1 atom stereocenters. The van der Waals surface area contributed by atoms with Gasteiger partial charge in [-0.1, -0.05) is 153 Å². The maximum atomic E-state index is 2.47. The highest BCUT2D eigenvalue weighted by Crippen LogP contribution is 2.48. The van der Waals surface area contributed by atoms with Crippen LogP contribution in [-0.4, -0.2) is 4.40 Å². The van der Waals surface area contributed by atoms with Gasteiger partial charge in [0, 0.05) is 53.6 Å². The summed E-state index contributed by atoms with van der Waals surface area (Å²) in [6.07, 6.45) is 5.75. The van der Waals surface area contributed by atoms with Gasteiger partial charge >= 0.3 is 0 Å². The van der Waals surface area contributed by atoms with Crippen LogP contribution in [0.2, 0.25) is 0 Å². The molecule has 3 aromatic heterocycles. The second-order valence-corrected chi connectivity index (χ2v) is 18.7. The van der Waals surface area contributed by atoms with E-state index < -0.39 is 0 Å². The van der Waals surface area contributed by atoms with Crippen LogP contribution in [0.3, 0.4) is 0 Å². The van der Waals surface area contributed by atoms with E-state index in [1.165, 1.54) is 113 Å². The summed E-state index contributed by atoms with van der Waals surface area (Å²) >= 11 is 1.92. The number of hydrogen-bond acceptors (Lipinski definition) is 2. The molecule has 300 valence electrons. The predicted molar refractivity (Wildman–Crippen MR) is 277 cm³/mol. The molecule has 64 heavy (non-hydrogen) atoms. The van der Waals surface area contributed by atoms with E-state index in [1.807, 2.05) is 11.3 Å². The first-order valence-corrected chi connectivity index (χ1v) is 23.2. The maximum absolute atomic E-state index is 2.47. The Balaban J connectivity index is 0.948. The summed E-state index contributed by atoms with van der Waals surface area (Å²) in [5.41, 5.74) is 13.7. The minimum Gasteiger partial charge on any atom is -0.310 e. The van der Waals surface area contributed by atoms with Gasteiger partial charge in [-0.05, 0) is 133 Å². The Morgan fingerprint density at radius 3 is 1.66 bits per heavy atom. The lowest BCUT2D eigenvalue weighted by atomic mass is 9.88. The summed E-state index contributed by atoms with van der Waals surface area (Å²) in [5.74, 6) is 0.505. The van der Waals surface area contributed by atoms with Crippen LogP contribution < -0.4 is 4.90 Å². The van der Waals surface area contributed by atoms with Crippen LogP contribution in [0.15, 0.2) is 200 Å². The van der Waals surface area contributed by atoms with Gasteiger partial charge in [0.25, 0.3) is 0 Å². The van der Waals surface area contributed by atoms with Crippen LogP contribution in [0.5, 0.6) is 0 Å². The Morgan fingerprint density at radius 2 is 0.984 bits per heavy atom. The van der Waals surface area contributed by atoms with E-state index in [2.05, 4.69) is 223 Å². The third kappa shape index (κ3) is 5.07. The van der Waals surface area contributed by atoms with Crippen molar-refractivity contribution in [3.05, 3.63) is 211 Å². The number of thiophene rings is 1. The molecule has 0 amide bonds. The average Bonchev–Trinajstić information content (AvgIpc) is 4.03. The van der Waals surface area contributed by atoms with Crippen LogP contribution in [0, 0.1) is 0 Å². The topological polar surface area (TPSA) is 7.65 Å². The summed E-state index contributed by atoms with van der Waals surface area (Å²) < 4.78 is 3.83. The van der Waals surface area contributed by atoms with E-state index in [1.54, 1.807) is 0 Å². The number of benzene rings is 10. The first kappa shape index (κ1) is 35.8. The van der Waals surface area contributed by atoms with Gasteiger partial charge in [0.1, 0.15) is 0 Å². The molecule has 0 bridgehead atoms. The molecule has 0 fully saturated rings. The number of fused-ring (bicyclic) bond motifs is 15. The van der Waals surface area contributed by atoms with Gasteiger partial charge < -0.3 is 9.30 Å². The van der Waals surface area contributed by atoms with Gasteiger partial charge in [0.2, 0.25) is 0 Å². The first-order chi connectivity index (χ1) is 31.7. The van der Waals surface area contributed by atoms with Crippen LogP contribution in [0.25, 0.3) is 109 Å². The number of hydrogen-bond donors (Lipinski definition) is 0. The van der Waals surface area contributed by atoms with Crippen LogP contribution in [-0.2, 0) is 0 Å². The van der Waals surface area contributed by atoms with Crippen LogP contribution in [0.4, 0.5) is 17.1 Å². The Morgan fingerprint density at radius 1 is 0.453 bits per heavy atom. The molecule has 2 nitrogen and oxygen atoms in total. The van der Waals surface area contributed by atoms with Crippen molar-refractivity contribution in [1.29, 1.82) is 0 Å². The second-order valence-electron chi connectivity index (χ2n) is 17.6. The maximum Gasteiger partial charge on any atom is 0.0626 e. The minimum absolute atomic E-state index is 0.505. The Labute approximate surface area is 374 Å². The van der Waals surface area contributed by atoms with Gasteiger partial charge in [-0.25, -0.2) is 0 Å². The van der Waals surface area contributed by atoms with Crippen molar-refractivity contribution in [2.45, 2.75) is 19.3 Å². The summed E-state index contributed by atoms with van der Waals surface area (Å²) in [5, 5.41) is 14.3. The number of anilines is 3. The molecule has 3 heteroatoms. The van der Waals surface area contributed by atoms with Crippen molar-refractivity contribution < 1.29 is 0 Å². The fourth-order valence-corrected chi connectivity index (χ4v) is 12.6. The van der Waals surface area contributed by atoms with E-state index in [0.717, 1.165) is 23.5 Å². The highest BCUT2D eigenvalue weighted by Gasteiger charge is 2.24. The van der Waals surface area contributed by atoms with Gasteiger partial charge in [0.05, 0.1) is 16.6 Å². The highest BCUT2D eigenvalue weighted by atomic mass is 32.1. The monoisotopic (exact) mass is 832 g/mol. The normalized spacial score (nSPS) is 14.0. The highest BCUT2D eigenvalue weighted by molar-refractivity contribution is 7.20. The van der Waals surface area contributed by atoms with E-state index in [-0.39, 0.29) is 0 Å². The van der Waals surface area contributed by atoms with E-state index in [0.29, 0.717) is 5.92 Å². The van der Waals surface area contributed by atoms with Gasteiger partial charge in [-0.3, -0.25) is 0 Å². The van der Waals surface area contributed by atoms with Crippen molar-refractivity contribution in [3.63, 3.8) is 0 Å². The zero-order valence-electron chi connectivity index (χ0n) is 35.2. The average molecular weight is 833 g/mol. The molecule has 14 rings (SSSR count). The van der Waals surface area contributed by atoms with Gasteiger partial charge in [0.15, 0.2) is 0 Å². The molecule has 0 spiro atoms. The molecule has 1 unspecified atom stereocenters. The Bertz CT molecular complexity index is 4020. The fraction of sp³-hybridized carbons (Fsp3) is 0.0492. The third-order valence-electron chi connectivity index (χ3n) is 14.1. The molecule has 0 N–H and O–H groups in total. The quantitative estimate of drug-likeness (QED) is 0.157. The zero-order chi connectivity index (χ0) is 42.0. The van der Waals surface area contributed by atoms with Crippen LogP contribution in [0.1, 0.15) is 29.7 Å². The van der Waals surface area contributed by atoms with Gasteiger partial charge in [-0.2, -0.15) is 0 Å². The number of para-hydroxylation sites is 2. The molecule has 1 aliphatic rings.